The molecule has 1 amide bonds. The van der Waals surface area contributed by atoms with Crippen molar-refractivity contribution in [3.8, 4) is 0 Å². The van der Waals surface area contributed by atoms with Crippen LogP contribution >= 0.6 is 24.0 Å². The number of guanidine groups is 1. The number of carbonyl (C=O) groups excluding carboxylic acids is 1. The summed E-state index contributed by atoms with van der Waals surface area (Å²) in [6.45, 7) is 4.95. The maximum Gasteiger partial charge on any atom is 0.226 e. The van der Waals surface area contributed by atoms with Gasteiger partial charge in [0.05, 0.1) is 13.2 Å². The van der Waals surface area contributed by atoms with Crippen molar-refractivity contribution in [1.29, 1.82) is 0 Å². The second-order valence-electron chi connectivity index (χ2n) is 8.67. The lowest BCUT2D eigenvalue weighted by atomic mass is 10.1. The van der Waals surface area contributed by atoms with Gasteiger partial charge in [-0.25, -0.2) is 0 Å². The van der Waals surface area contributed by atoms with Crippen molar-refractivity contribution in [2.45, 2.75) is 38.8 Å². The zero-order valence-electron chi connectivity index (χ0n) is 19.4. The number of nitrogens with one attached hydrogen (secondary N) is 1. The van der Waals surface area contributed by atoms with Gasteiger partial charge in [0.2, 0.25) is 5.91 Å². The van der Waals surface area contributed by atoms with E-state index in [1.54, 1.807) is 0 Å². The van der Waals surface area contributed by atoms with Gasteiger partial charge in [-0.05, 0) is 42.5 Å². The first-order valence-corrected chi connectivity index (χ1v) is 11.7. The summed E-state index contributed by atoms with van der Waals surface area (Å²) >= 11 is 0. The molecule has 2 aliphatic heterocycles. The number of piperidine rings is 1. The Bertz CT molecular complexity index is 904. The third kappa shape index (κ3) is 7.17. The molecule has 0 aromatic heterocycles. The first kappa shape index (κ1) is 25.5. The molecule has 178 valence electrons. The number of aliphatic imine (C=N–C) groups is 1. The zero-order chi connectivity index (χ0) is 22.2. The minimum Gasteiger partial charge on any atom is -0.376 e. The summed E-state index contributed by atoms with van der Waals surface area (Å²) in [4.78, 5) is 20.8. The summed E-state index contributed by atoms with van der Waals surface area (Å²) in [5, 5.41) is 3.49. The van der Waals surface area contributed by atoms with Gasteiger partial charge < -0.3 is 19.9 Å². The molecule has 0 aliphatic carbocycles. The maximum absolute atomic E-state index is 12.1. The van der Waals surface area contributed by atoms with Gasteiger partial charge in [-0.3, -0.25) is 9.79 Å². The molecule has 2 aromatic carbocycles. The van der Waals surface area contributed by atoms with Crippen molar-refractivity contribution in [1.82, 2.24) is 10.2 Å². The number of benzene rings is 2. The molecule has 1 unspecified atom stereocenters. The standard InChI is InChI=1S/C26H34N4O2.HI/c1-27-26(29-16-14-23(18-29)20-32-19-22-7-3-2-4-8-22)28-17-21-10-12-24(13-11-21)30-15-6-5-9-25(30)31;/h2-4,7-8,10-13,23H,5-6,9,14-20H2,1H3,(H,27,28);1H. The Kier molecular flexibility index (Phi) is 9.99. The largest absolute Gasteiger partial charge is 0.376 e. The summed E-state index contributed by atoms with van der Waals surface area (Å²) in [6.07, 6.45) is 3.87. The number of hydrogen-bond acceptors (Lipinski definition) is 3. The molecule has 6 nitrogen and oxygen atoms in total. The molecule has 33 heavy (non-hydrogen) atoms. The van der Waals surface area contributed by atoms with Gasteiger partial charge in [-0.15, -0.1) is 24.0 Å². The topological polar surface area (TPSA) is 57.2 Å². The molecule has 0 bridgehead atoms. The highest BCUT2D eigenvalue weighted by atomic mass is 127. The summed E-state index contributed by atoms with van der Waals surface area (Å²) < 4.78 is 5.95. The predicted octanol–water partition coefficient (Wildman–Crippen LogP) is 4.44. The fraction of sp³-hybridized carbons (Fsp3) is 0.462. The third-order valence-corrected chi connectivity index (χ3v) is 6.28. The van der Waals surface area contributed by atoms with E-state index in [-0.39, 0.29) is 29.9 Å². The molecule has 1 N–H and O–H groups in total. The van der Waals surface area contributed by atoms with Crippen molar-refractivity contribution < 1.29 is 9.53 Å². The SMILES string of the molecule is CN=C(NCc1ccc(N2CCCCC2=O)cc1)N1CCC(COCc2ccccc2)C1.I. The van der Waals surface area contributed by atoms with E-state index in [1.165, 1.54) is 11.1 Å². The number of carbonyl (C=O) groups is 1. The number of halogens is 1. The fourth-order valence-electron chi connectivity index (χ4n) is 4.46. The summed E-state index contributed by atoms with van der Waals surface area (Å²) in [6, 6.07) is 18.6. The lowest BCUT2D eigenvalue weighted by Crippen LogP contribution is -2.39. The van der Waals surface area contributed by atoms with E-state index in [0.29, 0.717) is 25.5 Å². The van der Waals surface area contributed by atoms with E-state index < -0.39 is 0 Å². The summed E-state index contributed by atoms with van der Waals surface area (Å²) in [7, 11) is 1.84. The van der Waals surface area contributed by atoms with Crippen LogP contribution in [0.3, 0.4) is 0 Å². The Morgan fingerprint density at radius 1 is 1.06 bits per heavy atom. The molecule has 0 saturated carbocycles. The molecule has 2 saturated heterocycles. The van der Waals surface area contributed by atoms with Crippen molar-refractivity contribution in [3.05, 3.63) is 65.7 Å². The summed E-state index contributed by atoms with van der Waals surface area (Å²) in [5.41, 5.74) is 3.40. The average molecular weight is 562 g/mol. The highest BCUT2D eigenvalue weighted by Crippen LogP contribution is 2.21. The Morgan fingerprint density at radius 2 is 1.85 bits per heavy atom. The van der Waals surface area contributed by atoms with E-state index in [1.807, 2.05) is 30.1 Å². The number of amides is 1. The molecule has 4 rings (SSSR count). The van der Waals surface area contributed by atoms with Crippen molar-refractivity contribution >= 4 is 41.5 Å². The Hall–Kier alpha value is -2.13. The number of anilines is 1. The van der Waals surface area contributed by atoms with Gasteiger partial charge in [0.15, 0.2) is 5.96 Å². The van der Waals surface area contributed by atoms with Crippen LogP contribution in [0, 0.1) is 5.92 Å². The van der Waals surface area contributed by atoms with Crippen LogP contribution < -0.4 is 10.2 Å². The van der Waals surface area contributed by atoms with Gasteiger partial charge in [-0.1, -0.05) is 42.5 Å². The van der Waals surface area contributed by atoms with Gasteiger partial charge in [-0.2, -0.15) is 0 Å². The van der Waals surface area contributed by atoms with Gasteiger partial charge in [0.25, 0.3) is 0 Å². The van der Waals surface area contributed by atoms with Gasteiger partial charge in [0, 0.05) is 51.3 Å². The lowest BCUT2D eigenvalue weighted by molar-refractivity contribution is -0.119. The molecule has 0 spiro atoms. The van der Waals surface area contributed by atoms with Crippen LogP contribution in [0.4, 0.5) is 5.69 Å². The van der Waals surface area contributed by atoms with E-state index in [0.717, 1.165) is 57.2 Å². The molecule has 7 heteroatoms. The monoisotopic (exact) mass is 562 g/mol. The van der Waals surface area contributed by atoms with Crippen LogP contribution in [0.15, 0.2) is 59.6 Å². The van der Waals surface area contributed by atoms with Crippen LogP contribution in [0.5, 0.6) is 0 Å². The maximum atomic E-state index is 12.1. The minimum atomic E-state index is 0. The van der Waals surface area contributed by atoms with Gasteiger partial charge >= 0.3 is 0 Å². The highest BCUT2D eigenvalue weighted by molar-refractivity contribution is 14.0. The molecule has 2 heterocycles. The predicted molar refractivity (Wildman–Crippen MR) is 144 cm³/mol. The summed E-state index contributed by atoms with van der Waals surface area (Å²) in [5.74, 6) is 1.70. The second-order valence-corrected chi connectivity index (χ2v) is 8.67. The number of ether oxygens (including phenoxy) is 1. The van der Waals surface area contributed by atoms with Gasteiger partial charge in [0.1, 0.15) is 0 Å². The molecular weight excluding hydrogens is 527 g/mol. The van der Waals surface area contributed by atoms with Crippen molar-refractivity contribution in [3.63, 3.8) is 0 Å². The smallest absolute Gasteiger partial charge is 0.226 e. The van der Waals surface area contributed by atoms with E-state index in [2.05, 4.69) is 51.6 Å². The quantitative estimate of drug-likeness (QED) is 0.308. The molecular formula is C26H35IN4O2. The van der Waals surface area contributed by atoms with E-state index in [9.17, 15) is 4.79 Å². The first-order chi connectivity index (χ1) is 15.7. The van der Waals surface area contributed by atoms with Crippen LogP contribution in [0.2, 0.25) is 0 Å². The van der Waals surface area contributed by atoms with Crippen molar-refractivity contribution in [2.24, 2.45) is 10.9 Å². The van der Waals surface area contributed by atoms with E-state index >= 15 is 0 Å². The average Bonchev–Trinajstić information content (AvgIpc) is 3.30. The lowest BCUT2D eigenvalue weighted by Gasteiger charge is -2.27. The van der Waals surface area contributed by atoms with Crippen LogP contribution in [-0.2, 0) is 22.7 Å². The Morgan fingerprint density at radius 3 is 2.58 bits per heavy atom. The van der Waals surface area contributed by atoms with Crippen molar-refractivity contribution in [2.75, 3.05) is 38.2 Å². The molecule has 0 radical (unpaired) electrons. The second kappa shape index (κ2) is 12.9. The third-order valence-electron chi connectivity index (χ3n) is 6.28. The molecule has 1 atom stereocenters. The molecule has 2 fully saturated rings. The fourth-order valence-corrected chi connectivity index (χ4v) is 4.46. The minimum absolute atomic E-state index is 0. The first-order valence-electron chi connectivity index (χ1n) is 11.7. The number of rotatable bonds is 7. The van der Waals surface area contributed by atoms with E-state index in [4.69, 9.17) is 4.74 Å². The Labute approximate surface area is 214 Å². The molecule has 2 aliphatic rings. The zero-order valence-corrected chi connectivity index (χ0v) is 21.7. The highest BCUT2D eigenvalue weighted by Gasteiger charge is 2.25. The number of likely N-dealkylation sites (tertiary alicyclic amines) is 1. The normalized spacial score (nSPS) is 18.9. The number of hydrogen-bond donors (Lipinski definition) is 1. The molecule has 2 aromatic rings. The van der Waals surface area contributed by atoms with Crippen LogP contribution in [-0.4, -0.2) is 50.1 Å². The van der Waals surface area contributed by atoms with Crippen LogP contribution in [0.25, 0.3) is 0 Å². The number of nitrogens with zero attached hydrogens (tertiary/aromatic N) is 3. The Balaban J connectivity index is 0.00000306. The van der Waals surface area contributed by atoms with Crippen LogP contribution in [0.1, 0.15) is 36.8 Å².